The van der Waals surface area contributed by atoms with Crippen LogP contribution in [0, 0.1) is 0 Å². The van der Waals surface area contributed by atoms with Crippen LogP contribution in [0.3, 0.4) is 0 Å². The molecule has 35 heavy (non-hydrogen) atoms. The van der Waals surface area contributed by atoms with Gasteiger partial charge < -0.3 is 50.7 Å². The average molecular weight is 495 g/mol. The average Bonchev–Trinajstić information content (AvgIpc) is 2.88. The molecule has 0 aliphatic rings. The van der Waals surface area contributed by atoms with Gasteiger partial charge in [0.15, 0.2) is 0 Å². The normalized spacial score (nSPS) is 14.9. The van der Waals surface area contributed by atoms with Gasteiger partial charge in [-0.25, -0.2) is 0 Å². The third kappa shape index (κ3) is 9.71. The molecule has 0 fully saturated rings. The fourth-order valence-corrected chi connectivity index (χ4v) is 3.70. The summed E-state index contributed by atoms with van der Waals surface area (Å²) in [6.07, 6.45) is -3.27. The number of nitrogens with zero attached hydrogens (tertiary/aromatic N) is 2. The Labute approximate surface area is 205 Å². The van der Waals surface area contributed by atoms with E-state index in [1.165, 1.54) is 0 Å². The quantitative estimate of drug-likeness (QED) is 0.135. The van der Waals surface area contributed by atoms with Crippen LogP contribution < -0.4 is 9.80 Å². The second-order valence-corrected chi connectivity index (χ2v) is 8.67. The molecule has 10 heteroatoms. The van der Waals surface area contributed by atoms with Crippen molar-refractivity contribution in [2.45, 2.75) is 30.8 Å². The summed E-state index contributed by atoms with van der Waals surface area (Å²) in [6.45, 7) is -1.18. The first-order valence-corrected chi connectivity index (χ1v) is 11.6. The lowest BCUT2D eigenvalue weighted by atomic mass is 10.0. The van der Waals surface area contributed by atoms with Gasteiger partial charge in [-0.05, 0) is 41.8 Å². The Morgan fingerprint density at radius 3 is 0.943 bits per heavy atom. The first-order valence-electron chi connectivity index (χ1n) is 11.6. The van der Waals surface area contributed by atoms with Crippen LogP contribution >= 0.6 is 0 Å². The molecular weight excluding hydrogens is 456 g/mol. The zero-order chi connectivity index (χ0) is 25.8. The van der Waals surface area contributed by atoms with E-state index in [0.29, 0.717) is 6.42 Å². The van der Waals surface area contributed by atoms with Crippen LogP contribution in [0.2, 0.25) is 0 Å². The second kappa shape index (κ2) is 15.0. The maximum absolute atomic E-state index is 9.82. The summed E-state index contributed by atoms with van der Waals surface area (Å²) in [7, 11) is 0. The van der Waals surface area contributed by atoms with Crippen LogP contribution in [0.25, 0.3) is 0 Å². The highest BCUT2D eigenvalue weighted by Crippen LogP contribution is 2.21. The van der Waals surface area contributed by atoms with E-state index in [1.807, 2.05) is 48.5 Å². The molecule has 0 radical (unpaired) electrons. The van der Waals surface area contributed by atoms with Crippen molar-refractivity contribution in [1.29, 1.82) is 0 Å². The molecule has 196 valence electrons. The Hall–Kier alpha value is -2.28. The Morgan fingerprint density at radius 2 is 0.714 bits per heavy atom. The van der Waals surface area contributed by atoms with Gasteiger partial charge in [0, 0.05) is 37.6 Å². The molecule has 0 saturated heterocycles. The van der Waals surface area contributed by atoms with E-state index < -0.39 is 50.8 Å². The van der Waals surface area contributed by atoms with Gasteiger partial charge >= 0.3 is 0 Å². The lowest BCUT2D eigenvalue weighted by Gasteiger charge is -2.29. The minimum Gasteiger partial charge on any atom is -0.394 e. The molecule has 0 aliphatic carbocycles. The third-order valence-electron chi connectivity index (χ3n) is 5.58. The van der Waals surface area contributed by atoms with Gasteiger partial charge in [-0.2, -0.15) is 0 Å². The van der Waals surface area contributed by atoms with Crippen LogP contribution in [0.15, 0.2) is 48.5 Å². The summed E-state index contributed by atoms with van der Waals surface area (Å²) in [5.41, 5.74) is 3.53. The van der Waals surface area contributed by atoms with Crippen molar-refractivity contribution in [2.75, 3.05) is 62.4 Å². The molecule has 2 rings (SSSR count). The number of anilines is 2. The zero-order valence-electron chi connectivity index (χ0n) is 19.8. The number of aliphatic hydroxyl groups excluding tert-OH is 8. The summed E-state index contributed by atoms with van der Waals surface area (Å²) in [4.78, 5) is 3.41. The molecule has 0 unspecified atom stereocenters. The highest BCUT2D eigenvalue weighted by Gasteiger charge is 2.17. The maximum Gasteiger partial charge on any atom is 0.0945 e. The Bertz CT molecular complexity index is 743. The fourth-order valence-electron chi connectivity index (χ4n) is 3.70. The smallest absolute Gasteiger partial charge is 0.0945 e. The minimum absolute atomic E-state index is 0.112. The van der Waals surface area contributed by atoms with Crippen molar-refractivity contribution in [1.82, 2.24) is 0 Å². The van der Waals surface area contributed by atoms with Crippen molar-refractivity contribution in [2.24, 2.45) is 0 Å². The van der Waals surface area contributed by atoms with Gasteiger partial charge in [-0.3, -0.25) is 0 Å². The standard InChI is InChI=1S/C25H38N2O8/c28-14-22(32)10-26(11-23(33)15-29)20-5-1-18(2-6-20)9-19-3-7-21(8-4-19)27(12-24(34)16-30)13-25(35)17-31/h1-8,22-25,28-35H,9-17H2/t22-,23-,24-,25+/m0/s1. The van der Waals surface area contributed by atoms with Gasteiger partial charge in [-0.15, -0.1) is 0 Å². The van der Waals surface area contributed by atoms with E-state index in [9.17, 15) is 20.4 Å². The molecular formula is C25H38N2O8. The van der Waals surface area contributed by atoms with Crippen LogP contribution in [0.5, 0.6) is 0 Å². The molecule has 4 atom stereocenters. The summed E-state index contributed by atoms with van der Waals surface area (Å²) < 4.78 is 0. The Morgan fingerprint density at radius 1 is 0.457 bits per heavy atom. The van der Waals surface area contributed by atoms with Gasteiger partial charge in [0.1, 0.15) is 0 Å². The van der Waals surface area contributed by atoms with Crippen molar-refractivity contribution >= 4 is 11.4 Å². The van der Waals surface area contributed by atoms with Gasteiger partial charge in [0.05, 0.1) is 50.8 Å². The summed E-state index contributed by atoms with van der Waals surface area (Å²) in [6, 6.07) is 15.1. The highest BCUT2D eigenvalue weighted by molar-refractivity contribution is 5.50. The van der Waals surface area contributed by atoms with Crippen LogP contribution in [-0.4, -0.2) is 118 Å². The molecule has 8 N–H and O–H groups in total. The van der Waals surface area contributed by atoms with Gasteiger partial charge in [-0.1, -0.05) is 24.3 Å². The van der Waals surface area contributed by atoms with Crippen LogP contribution in [0.1, 0.15) is 11.1 Å². The number of benzene rings is 2. The topological polar surface area (TPSA) is 168 Å². The number of hydrogen-bond acceptors (Lipinski definition) is 10. The first kappa shape index (κ1) is 29.0. The lowest BCUT2D eigenvalue weighted by molar-refractivity contribution is 0.0838. The molecule has 0 saturated carbocycles. The van der Waals surface area contributed by atoms with E-state index in [1.54, 1.807) is 9.80 Å². The molecule has 0 aromatic heterocycles. The van der Waals surface area contributed by atoms with E-state index >= 15 is 0 Å². The number of rotatable bonds is 16. The number of hydrogen-bond donors (Lipinski definition) is 8. The van der Waals surface area contributed by atoms with E-state index in [2.05, 4.69) is 0 Å². The molecule has 0 heterocycles. The Kier molecular flexibility index (Phi) is 12.4. The predicted molar refractivity (Wildman–Crippen MR) is 132 cm³/mol. The van der Waals surface area contributed by atoms with Gasteiger partial charge in [0.2, 0.25) is 0 Å². The summed E-state index contributed by atoms with van der Waals surface area (Å²) >= 11 is 0. The van der Waals surface area contributed by atoms with E-state index in [4.69, 9.17) is 20.4 Å². The molecule has 0 aliphatic heterocycles. The second-order valence-electron chi connectivity index (χ2n) is 8.67. The summed E-state index contributed by atoms with van der Waals surface area (Å²) in [5.74, 6) is 0. The molecule has 10 nitrogen and oxygen atoms in total. The highest BCUT2D eigenvalue weighted by atomic mass is 16.3. The fraction of sp³-hybridized carbons (Fsp3) is 0.520. The molecule has 0 amide bonds. The van der Waals surface area contributed by atoms with Gasteiger partial charge in [0.25, 0.3) is 0 Å². The maximum atomic E-state index is 9.82. The van der Waals surface area contributed by atoms with Crippen molar-refractivity contribution in [3.05, 3.63) is 59.7 Å². The molecule has 0 spiro atoms. The summed E-state index contributed by atoms with van der Waals surface area (Å²) in [5, 5.41) is 75.9. The number of aliphatic hydroxyl groups is 8. The first-order chi connectivity index (χ1) is 16.8. The van der Waals surface area contributed by atoms with Crippen molar-refractivity contribution in [3.63, 3.8) is 0 Å². The zero-order valence-corrected chi connectivity index (χ0v) is 19.8. The third-order valence-corrected chi connectivity index (χ3v) is 5.58. The molecule has 2 aromatic carbocycles. The van der Waals surface area contributed by atoms with Crippen LogP contribution in [0.4, 0.5) is 11.4 Å². The van der Waals surface area contributed by atoms with E-state index in [-0.39, 0.29) is 26.2 Å². The van der Waals surface area contributed by atoms with Crippen molar-refractivity contribution < 1.29 is 40.9 Å². The SMILES string of the molecule is OC[C@@H](O)CN(C[C@H](O)CO)c1ccc(Cc2ccc(N(C[C@H](O)CO)C[C@@H](O)CO)cc2)cc1. The van der Waals surface area contributed by atoms with Crippen molar-refractivity contribution in [3.8, 4) is 0 Å². The molecule has 2 aromatic rings. The van der Waals surface area contributed by atoms with E-state index in [0.717, 1.165) is 22.5 Å². The Balaban J connectivity index is 2.09. The molecule has 0 bridgehead atoms. The monoisotopic (exact) mass is 494 g/mol. The minimum atomic E-state index is -0.976. The van der Waals surface area contributed by atoms with Crippen LogP contribution in [-0.2, 0) is 6.42 Å². The lowest BCUT2D eigenvalue weighted by Crippen LogP contribution is -2.40. The largest absolute Gasteiger partial charge is 0.394 e. The predicted octanol–water partition coefficient (Wildman–Crippen LogP) is -1.70.